The molecule has 1 aliphatic heterocycles. The van der Waals surface area contributed by atoms with Crippen molar-refractivity contribution in [2.24, 2.45) is 0 Å². The highest BCUT2D eigenvalue weighted by molar-refractivity contribution is 5.95. The molecular formula is C28H32F3N5O. The lowest BCUT2D eigenvalue weighted by Gasteiger charge is -2.34. The molecule has 2 heterocycles. The van der Waals surface area contributed by atoms with Gasteiger partial charge >= 0.3 is 6.18 Å². The molecule has 2 aliphatic rings. The molecule has 9 heteroatoms. The Morgan fingerprint density at radius 1 is 0.919 bits per heavy atom. The number of nitrogens with zero attached hydrogens (tertiary/aromatic N) is 3. The summed E-state index contributed by atoms with van der Waals surface area (Å²) in [5.41, 5.74) is 1.65. The SMILES string of the molecule is CN1CCN(c2ccc(C(=O)NC3CCC(Nc4cc(C(F)(F)F)nc5ccccc45)CC3)cc2)CC1. The molecule has 196 valence electrons. The number of nitrogens with one attached hydrogen (secondary N) is 2. The third-order valence-electron chi connectivity index (χ3n) is 7.43. The molecule has 1 aromatic heterocycles. The Balaban J connectivity index is 1.17. The van der Waals surface area contributed by atoms with Crippen LogP contribution in [-0.4, -0.2) is 61.1 Å². The van der Waals surface area contributed by atoms with Crippen molar-refractivity contribution in [3.63, 3.8) is 0 Å². The highest BCUT2D eigenvalue weighted by atomic mass is 19.4. The fourth-order valence-corrected chi connectivity index (χ4v) is 5.20. The molecule has 0 radical (unpaired) electrons. The van der Waals surface area contributed by atoms with Crippen molar-refractivity contribution in [1.82, 2.24) is 15.2 Å². The van der Waals surface area contributed by atoms with E-state index < -0.39 is 11.9 Å². The zero-order valence-corrected chi connectivity index (χ0v) is 20.9. The van der Waals surface area contributed by atoms with Gasteiger partial charge in [0.15, 0.2) is 0 Å². The predicted octanol–water partition coefficient (Wildman–Crippen LogP) is 5.16. The maximum Gasteiger partial charge on any atom is 0.433 e. The summed E-state index contributed by atoms with van der Waals surface area (Å²) < 4.78 is 40.2. The first-order valence-electron chi connectivity index (χ1n) is 12.8. The van der Waals surface area contributed by atoms with Gasteiger partial charge in [-0.2, -0.15) is 13.2 Å². The van der Waals surface area contributed by atoms with Gasteiger partial charge in [0.1, 0.15) is 5.69 Å². The fourth-order valence-electron chi connectivity index (χ4n) is 5.20. The van der Waals surface area contributed by atoms with Crippen molar-refractivity contribution in [3.8, 4) is 0 Å². The molecule has 2 aromatic carbocycles. The number of alkyl halides is 3. The standard InChI is InChI=1S/C28H32F3N5O/c1-35-14-16-36(17-15-35)22-12-6-19(7-13-22)27(37)33-21-10-8-20(9-11-21)32-25-18-26(28(29,30)31)34-24-5-3-2-4-23(24)25/h2-7,12-13,18,20-21H,8-11,14-17H2,1H3,(H,32,34)(H,33,37). The number of rotatable bonds is 5. The molecule has 1 amide bonds. The Kier molecular flexibility index (Phi) is 7.24. The van der Waals surface area contributed by atoms with Crippen molar-refractivity contribution in [1.29, 1.82) is 0 Å². The number of amides is 1. The van der Waals surface area contributed by atoms with Gasteiger partial charge in [-0.15, -0.1) is 0 Å². The van der Waals surface area contributed by atoms with Crippen molar-refractivity contribution < 1.29 is 18.0 Å². The third-order valence-corrected chi connectivity index (χ3v) is 7.43. The van der Waals surface area contributed by atoms with Crippen LogP contribution in [0.5, 0.6) is 0 Å². The lowest BCUT2D eigenvalue weighted by Crippen LogP contribution is -2.44. The normalized spacial score (nSPS) is 21.1. The zero-order valence-electron chi connectivity index (χ0n) is 20.9. The number of pyridine rings is 1. The van der Waals surface area contributed by atoms with Crippen LogP contribution in [0.2, 0.25) is 0 Å². The summed E-state index contributed by atoms with van der Waals surface area (Å²) in [6.45, 7) is 4.01. The summed E-state index contributed by atoms with van der Waals surface area (Å²) in [5.74, 6) is -0.0868. The van der Waals surface area contributed by atoms with Gasteiger partial charge in [0.25, 0.3) is 5.91 Å². The number of hydrogen-bond acceptors (Lipinski definition) is 5. The minimum atomic E-state index is -4.51. The number of fused-ring (bicyclic) bond motifs is 1. The van der Waals surface area contributed by atoms with E-state index in [-0.39, 0.29) is 18.0 Å². The summed E-state index contributed by atoms with van der Waals surface area (Å²) >= 11 is 0. The molecule has 1 saturated heterocycles. The van der Waals surface area contributed by atoms with Crippen molar-refractivity contribution in [2.75, 3.05) is 43.4 Å². The Morgan fingerprint density at radius 2 is 1.57 bits per heavy atom. The number of aromatic nitrogens is 1. The number of piperazine rings is 1. The second-order valence-electron chi connectivity index (χ2n) is 10.1. The first-order chi connectivity index (χ1) is 17.8. The van der Waals surface area contributed by atoms with Gasteiger partial charge in [-0.25, -0.2) is 4.98 Å². The lowest BCUT2D eigenvalue weighted by molar-refractivity contribution is -0.140. The highest BCUT2D eigenvalue weighted by Crippen LogP contribution is 2.34. The Labute approximate surface area is 214 Å². The number of likely N-dealkylation sites (N-methyl/N-ethyl adjacent to an activating group) is 1. The van der Waals surface area contributed by atoms with Crippen LogP contribution in [-0.2, 0) is 6.18 Å². The monoisotopic (exact) mass is 511 g/mol. The third kappa shape index (κ3) is 5.98. The van der Waals surface area contributed by atoms with Crippen LogP contribution >= 0.6 is 0 Å². The molecule has 37 heavy (non-hydrogen) atoms. The second kappa shape index (κ2) is 10.6. The summed E-state index contributed by atoms with van der Waals surface area (Å²) in [7, 11) is 2.12. The van der Waals surface area contributed by atoms with Crippen molar-refractivity contribution >= 4 is 28.2 Å². The van der Waals surface area contributed by atoms with E-state index in [1.807, 2.05) is 24.3 Å². The van der Waals surface area contributed by atoms with E-state index in [2.05, 4.69) is 32.5 Å². The number of halogens is 3. The van der Waals surface area contributed by atoms with E-state index in [4.69, 9.17) is 0 Å². The molecule has 5 rings (SSSR count). The van der Waals surface area contributed by atoms with Gasteiger partial charge in [-0.1, -0.05) is 18.2 Å². The van der Waals surface area contributed by atoms with Gasteiger partial charge < -0.3 is 20.4 Å². The highest BCUT2D eigenvalue weighted by Gasteiger charge is 2.34. The quantitative estimate of drug-likeness (QED) is 0.496. The summed E-state index contributed by atoms with van der Waals surface area (Å²) in [6, 6.07) is 15.8. The number of para-hydroxylation sites is 1. The Morgan fingerprint density at radius 3 is 2.24 bits per heavy atom. The van der Waals surface area contributed by atoms with Crippen LogP contribution < -0.4 is 15.5 Å². The minimum absolute atomic E-state index is 0.0305. The summed E-state index contributed by atoms with van der Waals surface area (Å²) in [4.78, 5) is 21.3. The lowest BCUT2D eigenvalue weighted by atomic mass is 9.90. The molecule has 0 atom stereocenters. The van der Waals surface area contributed by atoms with Gasteiger partial charge in [0.05, 0.1) is 5.52 Å². The van der Waals surface area contributed by atoms with E-state index in [0.29, 0.717) is 22.2 Å². The average molecular weight is 512 g/mol. The Bertz CT molecular complexity index is 1230. The van der Waals surface area contributed by atoms with Gasteiger partial charge in [0.2, 0.25) is 0 Å². The van der Waals surface area contributed by atoms with Crippen LogP contribution in [0.15, 0.2) is 54.6 Å². The molecule has 3 aromatic rings. The van der Waals surface area contributed by atoms with E-state index in [1.165, 1.54) is 0 Å². The number of carbonyl (C=O) groups excluding carboxylic acids is 1. The topological polar surface area (TPSA) is 60.5 Å². The number of hydrogen-bond donors (Lipinski definition) is 2. The number of anilines is 2. The molecule has 1 saturated carbocycles. The van der Waals surface area contributed by atoms with E-state index in [1.54, 1.807) is 24.3 Å². The maximum absolute atomic E-state index is 13.4. The van der Waals surface area contributed by atoms with E-state index >= 15 is 0 Å². The smallest absolute Gasteiger partial charge is 0.382 e. The van der Waals surface area contributed by atoms with Gasteiger partial charge in [-0.05, 0) is 69.1 Å². The second-order valence-corrected chi connectivity index (χ2v) is 10.1. The van der Waals surface area contributed by atoms with Gasteiger partial charge in [-0.3, -0.25) is 4.79 Å². The minimum Gasteiger partial charge on any atom is -0.382 e. The molecule has 0 unspecified atom stereocenters. The Hall–Kier alpha value is -3.33. The predicted molar refractivity (Wildman–Crippen MR) is 140 cm³/mol. The average Bonchev–Trinajstić information content (AvgIpc) is 2.90. The first-order valence-corrected chi connectivity index (χ1v) is 12.8. The largest absolute Gasteiger partial charge is 0.433 e. The molecule has 0 spiro atoms. The zero-order chi connectivity index (χ0) is 26.0. The molecule has 0 bridgehead atoms. The van der Waals surface area contributed by atoms with Crippen LogP contribution in [0.25, 0.3) is 10.9 Å². The van der Waals surface area contributed by atoms with E-state index in [0.717, 1.165) is 63.6 Å². The fraction of sp³-hybridized carbons (Fsp3) is 0.429. The molecule has 2 N–H and O–H groups in total. The summed E-state index contributed by atoms with van der Waals surface area (Å²) in [6.07, 6.45) is -1.47. The van der Waals surface area contributed by atoms with Crippen molar-refractivity contribution in [3.05, 3.63) is 65.9 Å². The number of benzene rings is 2. The maximum atomic E-state index is 13.4. The molecule has 2 fully saturated rings. The molecular weight excluding hydrogens is 479 g/mol. The van der Waals surface area contributed by atoms with E-state index in [9.17, 15) is 18.0 Å². The summed E-state index contributed by atoms with van der Waals surface area (Å²) in [5, 5.41) is 7.13. The molecule has 6 nitrogen and oxygen atoms in total. The van der Waals surface area contributed by atoms with Crippen LogP contribution in [0, 0.1) is 0 Å². The van der Waals surface area contributed by atoms with Crippen LogP contribution in [0.1, 0.15) is 41.7 Å². The van der Waals surface area contributed by atoms with Gasteiger partial charge in [0, 0.05) is 60.6 Å². The first kappa shape index (κ1) is 25.3. The van der Waals surface area contributed by atoms with Crippen LogP contribution in [0.3, 0.4) is 0 Å². The molecule has 1 aliphatic carbocycles. The number of carbonyl (C=O) groups is 1. The van der Waals surface area contributed by atoms with Crippen molar-refractivity contribution in [2.45, 2.75) is 43.9 Å². The van der Waals surface area contributed by atoms with Crippen LogP contribution in [0.4, 0.5) is 24.5 Å².